The summed E-state index contributed by atoms with van der Waals surface area (Å²) in [5.41, 5.74) is 0.0563. The summed E-state index contributed by atoms with van der Waals surface area (Å²) in [5.74, 6) is 6.26. The first kappa shape index (κ1) is 15.4. The lowest BCUT2D eigenvalue weighted by Gasteiger charge is -2.16. The summed E-state index contributed by atoms with van der Waals surface area (Å²) >= 11 is 0. The van der Waals surface area contributed by atoms with Gasteiger partial charge in [-0.05, 0) is 23.6 Å². The highest BCUT2D eigenvalue weighted by molar-refractivity contribution is 5.41. The van der Waals surface area contributed by atoms with E-state index in [0.29, 0.717) is 6.42 Å². The van der Waals surface area contributed by atoms with Crippen molar-refractivity contribution < 1.29 is 17.9 Å². The smallest absolute Gasteiger partial charge is 0.416 e. The maximum atomic E-state index is 12.6. The highest BCUT2D eigenvalue weighted by Crippen LogP contribution is 2.36. The molecule has 0 N–H and O–H groups in total. The van der Waals surface area contributed by atoms with Crippen LogP contribution < -0.4 is 4.74 Å². The molecule has 1 nitrogen and oxygen atoms in total. The first-order valence-corrected chi connectivity index (χ1v) is 6.11. The Hall–Kier alpha value is -1.63. The van der Waals surface area contributed by atoms with E-state index in [4.69, 9.17) is 4.74 Å². The molecular formula is C15H17F3O. The van der Waals surface area contributed by atoms with E-state index in [0.717, 1.165) is 24.1 Å². The van der Waals surface area contributed by atoms with Crippen molar-refractivity contribution in [1.29, 1.82) is 0 Å². The lowest BCUT2D eigenvalue weighted by molar-refractivity contribution is -0.137. The third-order valence-corrected chi connectivity index (χ3v) is 2.80. The topological polar surface area (TPSA) is 9.23 Å². The Bertz CT molecular complexity index is 480. The first-order valence-electron chi connectivity index (χ1n) is 6.11. The third-order valence-electron chi connectivity index (χ3n) is 2.80. The number of methoxy groups -OCH3 is 1. The summed E-state index contributed by atoms with van der Waals surface area (Å²) in [6, 6.07) is 3.60. The quantitative estimate of drug-likeness (QED) is 0.728. The van der Waals surface area contributed by atoms with Crippen molar-refractivity contribution in [3.05, 3.63) is 29.3 Å². The Morgan fingerprint density at radius 1 is 1.26 bits per heavy atom. The number of halogens is 3. The molecule has 0 aliphatic rings. The average molecular weight is 270 g/mol. The fourth-order valence-corrected chi connectivity index (χ4v) is 1.75. The number of rotatable bonds is 3. The van der Waals surface area contributed by atoms with Crippen LogP contribution >= 0.6 is 0 Å². The summed E-state index contributed by atoms with van der Waals surface area (Å²) < 4.78 is 42.9. The monoisotopic (exact) mass is 270 g/mol. The second kappa shape index (κ2) is 6.51. The van der Waals surface area contributed by atoms with Crippen LogP contribution in [0.3, 0.4) is 0 Å². The molecule has 1 rings (SSSR count). The van der Waals surface area contributed by atoms with Crippen LogP contribution in [0.25, 0.3) is 0 Å². The molecule has 0 saturated heterocycles. The van der Waals surface area contributed by atoms with Crippen molar-refractivity contribution >= 4 is 0 Å². The molecule has 0 aromatic heterocycles. The molecule has 1 atom stereocenters. The number of ether oxygens (including phenoxy) is 1. The third kappa shape index (κ3) is 4.20. The molecule has 0 aliphatic carbocycles. The minimum atomic E-state index is -4.35. The Kier molecular flexibility index (Phi) is 5.29. The van der Waals surface area contributed by atoms with E-state index in [1.807, 2.05) is 13.8 Å². The zero-order valence-electron chi connectivity index (χ0n) is 11.3. The Morgan fingerprint density at radius 2 is 1.95 bits per heavy atom. The lowest BCUT2D eigenvalue weighted by Crippen LogP contribution is -2.06. The van der Waals surface area contributed by atoms with Crippen LogP contribution in [0.5, 0.6) is 5.75 Å². The molecular weight excluding hydrogens is 253 g/mol. The van der Waals surface area contributed by atoms with Gasteiger partial charge in [-0.3, -0.25) is 0 Å². The molecule has 0 radical (unpaired) electrons. The molecule has 0 bridgehead atoms. The van der Waals surface area contributed by atoms with E-state index in [-0.39, 0.29) is 11.7 Å². The number of hydrogen-bond acceptors (Lipinski definition) is 1. The van der Waals surface area contributed by atoms with Crippen molar-refractivity contribution in [1.82, 2.24) is 0 Å². The molecule has 1 aromatic carbocycles. The maximum Gasteiger partial charge on any atom is 0.416 e. The highest BCUT2D eigenvalue weighted by Gasteiger charge is 2.31. The first-order chi connectivity index (χ1) is 8.90. The van der Waals surface area contributed by atoms with Gasteiger partial charge in [0.2, 0.25) is 0 Å². The van der Waals surface area contributed by atoms with Crippen LogP contribution in [0.4, 0.5) is 13.2 Å². The summed E-state index contributed by atoms with van der Waals surface area (Å²) in [7, 11) is 1.38. The SMILES string of the molecule is CCC#CCC(C)c1ccc(C(F)(F)F)cc1OC. The van der Waals surface area contributed by atoms with Crippen LogP contribution in [0.2, 0.25) is 0 Å². The summed E-state index contributed by atoms with van der Waals surface area (Å²) in [6.07, 6.45) is -2.97. The average Bonchev–Trinajstić information content (AvgIpc) is 2.37. The van der Waals surface area contributed by atoms with Gasteiger partial charge in [0.1, 0.15) is 5.75 Å². The van der Waals surface area contributed by atoms with E-state index in [1.54, 1.807) is 0 Å². The molecule has 1 aromatic rings. The van der Waals surface area contributed by atoms with Crippen molar-refractivity contribution in [2.45, 2.75) is 38.8 Å². The molecule has 1 unspecified atom stereocenters. The molecule has 19 heavy (non-hydrogen) atoms. The molecule has 0 aliphatic heterocycles. The molecule has 0 saturated carbocycles. The van der Waals surface area contributed by atoms with Crippen LogP contribution in [-0.4, -0.2) is 7.11 Å². The molecule has 104 valence electrons. The van der Waals surface area contributed by atoms with Crippen LogP contribution in [0, 0.1) is 11.8 Å². The predicted octanol–water partition coefficient (Wildman–Crippen LogP) is 4.62. The van der Waals surface area contributed by atoms with Gasteiger partial charge >= 0.3 is 6.18 Å². The van der Waals surface area contributed by atoms with Crippen molar-refractivity contribution in [2.75, 3.05) is 7.11 Å². The molecule has 0 heterocycles. The zero-order chi connectivity index (χ0) is 14.5. The second-order valence-corrected chi connectivity index (χ2v) is 4.27. The Morgan fingerprint density at radius 3 is 2.47 bits per heavy atom. The molecule has 0 amide bonds. The Labute approximate surface area is 111 Å². The summed E-state index contributed by atoms with van der Waals surface area (Å²) in [5, 5.41) is 0. The van der Waals surface area contributed by atoms with Crippen molar-refractivity contribution in [3.8, 4) is 17.6 Å². The van der Waals surface area contributed by atoms with Crippen LogP contribution in [0.1, 0.15) is 43.7 Å². The van der Waals surface area contributed by atoms with Gasteiger partial charge in [-0.2, -0.15) is 13.2 Å². The normalized spacial score (nSPS) is 12.5. The molecule has 0 spiro atoms. The second-order valence-electron chi connectivity index (χ2n) is 4.27. The highest BCUT2D eigenvalue weighted by atomic mass is 19.4. The summed E-state index contributed by atoms with van der Waals surface area (Å²) in [4.78, 5) is 0. The number of hydrogen-bond donors (Lipinski definition) is 0. The van der Waals surface area contributed by atoms with Gasteiger partial charge < -0.3 is 4.74 Å². The van der Waals surface area contributed by atoms with E-state index in [9.17, 15) is 13.2 Å². The van der Waals surface area contributed by atoms with Gasteiger partial charge in [-0.25, -0.2) is 0 Å². The lowest BCUT2D eigenvalue weighted by atomic mass is 9.95. The van der Waals surface area contributed by atoms with E-state index < -0.39 is 11.7 Å². The van der Waals surface area contributed by atoms with Crippen LogP contribution in [0.15, 0.2) is 18.2 Å². The summed E-state index contributed by atoms with van der Waals surface area (Å²) in [6.45, 7) is 3.88. The van der Waals surface area contributed by atoms with Gasteiger partial charge in [0, 0.05) is 12.8 Å². The fourth-order valence-electron chi connectivity index (χ4n) is 1.75. The minimum absolute atomic E-state index is 0.0382. The Balaban J connectivity index is 3.02. The predicted molar refractivity (Wildman–Crippen MR) is 69.1 cm³/mol. The van der Waals surface area contributed by atoms with Crippen molar-refractivity contribution in [2.24, 2.45) is 0 Å². The minimum Gasteiger partial charge on any atom is -0.496 e. The number of alkyl halides is 3. The van der Waals surface area contributed by atoms with Crippen molar-refractivity contribution in [3.63, 3.8) is 0 Å². The standard InChI is InChI=1S/C15H17F3O/c1-4-5-6-7-11(2)13-9-8-12(15(16,17)18)10-14(13)19-3/h8-11H,4,7H2,1-3H3. The fraction of sp³-hybridized carbons (Fsp3) is 0.467. The van der Waals surface area contributed by atoms with E-state index in [2.05, 4.69) is 11.8 Å². The number of benzene rings is 1. The van der Waals surface area contributed by atoms with Gasteiger partial charge in [0.05, 0.1) is 12.7 Å². The molecule has 4 heteroatoms. The zero-order valence-corrected chi connectivity index (χ0v) is 11.3. The van der Waals surface area contributed by atoms with E-state index >= 15 is 0 Å². The maximum absolute atomic E-state index is 12.6. The van der Waals surface area contributed by atoms with E-state index in [1.165, 1.54) is 13.2 Å². The van der Waals surface area contributed by atoms with Gasteiger partial charge in [-0.1, -0.05) is 19.9 Å². The molecule has 0 fully saturated rings. The van der Waals surface area contributed by atoms with Crippen LogP contribution in [-0.2, 0) is 6.18 Å². The van der Waals surface area contributed by atoms with Gasteiger partial charge in [0.25, 0.3) is 0 Å². The van der Waals surface area contributed by atoms with Gasteiger partial charge in [0.15, 0.2) is 0 Å². The van der Waals surface area contributed by atoms with Gasteiger partial charge in [-0.15, -0.1) is 11.8 Å². The largest absolute Gasteiger partial charge is 0.496 e.